The summed E-state index contributed by atoms with van der Waals surface area (Å²) in [6.07, 6.45) is 5.83. The van der Waals surface area contributed by atoms with E-state index >= 15 is 0 Å². The Morgan fingerprint density at radius 3 is 2.54 bits per heavy atom. The number of nitriles is 1. The second kappa shape index (κ2) is 6.83. The molecule has 1 saturated heterocycles. The minimum absolute atomic E-state index is 0.107. The van der Waals surface area contributed by atoms with Crippen LogP contribution in [-0.2, 0) is 17.6 Å². The summed E-state index contributed by atoms with van der Waals surface area (Å²) in [6, 6.07) is 6.30. The number of furan rings is 1. The van der Waals surface area contributed by atoms with E-state index in [1.807, 2.05) is 17.0 Å². The van der Waals surface area contributed by atoms with Crippen LogP contribution in [0, 0.1) is 11.3 Å². The van der Waals surface area contributed by atoms with Crippen LogP contribution < -0.4 is 9.88 Å². The Kier molecular flexibility index (Phi) is 4.37. The summed E-state index contributed by atoms with van der Waals surface area (Å²) < 4.78 is 5.66. The van der Waals surface area contributed by atoms with Gasteiger partial charge in [-0.25, -0.2) is 4.98 Å². The summed E-state index contributed by atoms with van der Waals surface area (Å²) in [5, 5.41) is 9.88. The van der Waals surface area contributed by atoms with Crippen LogP contribution in [0.3, 0.4) is 0 Å². The molecule has 2 aliphatic rings. The quantitative estimate of drug-likeness (QED) is 0.831. The molecule has 2 aromatic heterocycles. The second-order valence-electron chi connectivity index (χ2n) is 6.97. The van der Waals surface area contributed by atoms with Gasteiger partial charge in [0.15, 0.2) is 11.5 Å². The molecule has 0 saturated carbocycles. The van der Waals surface area contributed by atoms with Gasteiger partial charge in [-0.1, -0.05) is 0 Å². The lowest BCUT2D eigenvalue weighted by atomic mass is 9.87. The zero-order chi connectivity index (χ0) is 18.1. The van der Waals surface area contributed by atoms with Gasteiger partial charge in [-0.15, -0.1) is 0 Å². The highest BCUT2D eigenvalue weighted by atomic mass is 16.3. The van der Waals surface area contributed by atoms with Crippen LogP contribution in [0.4, 0.5) is 5.82 Å². The molecule has 6 nitrogen and oxygen atoms in total. The standard InChI is InChI=1S/C20H22N4O2/c1-14(25)23-8-10-24(11-9-23)20-17(13-21)15-5-2-3-6-16(15)19(22-20)18-7-4-12-26-18/h4,7,12H,2-3,5-6,8-11H2,1H3/p+1. The molecule has 3 heterocycles. The molecule has 134 valence electrons. The van der Waals surface area contributed by atoms with Crippen molar-refractivity contribution < 1.29 is 14.2 Å². The van der Waals surface area contributed by atoms with Gasteiger partial charge in [0.25, 0.3) is 5.82 Å². The molecule has 0 spiro atoms. The number of fused-ring (bicyclic) bond motifs is 1. The Hall–Kier alpha value is -2.81. The van der Waals surface area contributed by atoms with E-state index in [9.17, 15) is 10.1 Å². The number of hydrogen-bond donors (Lipinski definition) is 0. The summed E-state index contributed by atoms with van der Waals surface area (Å²) in [6.45, 7) is 4.42. The molecular weight excluding hydrogens is 328 g/mol. The molecule has 0 bridgehead atoms. The minimum Gasteiger partial charge on any atom is -0.461 e. The van der Waals surface area contributed by atoms with E-state index in [4.69, 9.17) is 4.42 Å². The van der Waals surface area contributed by atoms with Gasteiger partial charge in [0.05, 0.1) is 19.4 Å². The molecule has 0 aromatic carbocycles. The number of carbonyl (C=O) groups excluding carboxylic acids is 1. The normalized spacial score (nSPS) is 16.9. The highest BCUT2D eigenvalue weighted by Gasteiger charge is 2.33. The number of anilines is 1. The van der Waals surface area contributed by atoms with Gasteiger partial charge in [-0.2, -0.15) is 5.26 Å². The van der Waals surface area contributed by atoms with Crippen LogP contribution in [0.2, 0.25) is 0 Å². The third kappa shape index (κ3) is 2.84. The van der Waals surface area contributed by atoms with Gasteiger partial charge in [0.1, 0.15) is 24.7 Å². The minimum atomic E-state index is 0.107. The zero-order valence-electron chi connectivity index (χ0n) is 15.0. The monoisotopic (exact) mass is 351 g/mol. The highest BCUT2D eigenvalue weighted by Crippen LogP contribution is 2.34. The Labute approximate surface area is 153 Å². The lowest BCUT2D eigenvalue weighted by Gasteiger charge is -2.31. The van der Waals surface area contributed by atoms with Gasteiger partial charge in [-0.3, -0.25) is 9.69 Å². The predicted molar refractivity (Wildman–Crippen MR) is 96.5 cm³/mol. The van der Waals surface area contributed by atoms with Crippen molar-refractivity contribution in [3.63, 3.8) is 0 Å². The molecule has 26 heavy (non-hydrogen) atoms. The van der Waals surface area contributed by atoms with Crippen molar-refractivity contribution >= 4 is 11.7 Å². The van der Waals surface area contributed by atoms with Crippen molar-refractivity contribution in [2.75, 3.05) is 31.1 Å². The summed E-state index contributed by atoms with van der Waals surface area (Å²) in [7, 11) is 0. The Morgan fingerprint density at radius 1 is 1.19 bits per heavy atom. The Balaban J connectivity index is 1.78. The highest BCUT2D eigenvalue weighted by molar-refractivity contribution is 5.73. The maximum atomic E-state index is 11.6. The van der Waals surface area contributed by atoms with E-state index in [0.717, 1.165) is 67.2 Å². The summed E-state index contributed by atoms with van der Waals surface area (Å²) in [5.41, 5.74) is 4.13. The van der Waals surface area contributed by atoms with E-state index in [1.165, 1.54) is 5.56 Å². The number of nitrogens with one attached hydrogen (secondary N) is 1. The van der Waals surface area contributed by atoms with E-state index in [0.29, 0.717) is 13.1 Å². The van der Waals surface area contributed by atoms with Gasteiger partial charge in [0, 0.05) is 12.5 Å². The molecule has 6 heteroatoms. The fourth-order valence-electron chi connectivity index (χ4n) is 4.09. The number of carbonyl (C=O) groups is 1. The average Bonchev–Trinajstić information content (AvgIpc) is 3.21. The lowest BCUT2D eigenvalue weighted by Crippen LogP contribution is -2.50. The van der Waals surface area contributed by atoms with Gasteiger partial charge in [-0.05, 0) is 43.4 Å². The molecule has 0 unspecified atom stereocenters. The fraction of sp³-hybridized carbons (Fsp3) is 0.450. The van der Waals surface area contributed by atoms with Gasteiger partial charge in [0.2, 0.25) is 5.91 Å². The number of rotatable bonds is 2. The SMILES string of the molecule is CC(=O)N1CCN(c2[nH+]c(-c3ccco3)c3c(c2C#N)CCCC3)CC1. The second-order valence-corrected chi connectivity index (χ2v) is 6.97. The van der Waals surface area contributed by atoms with Crippen LogP contribution >= 0.6 is 0 Å². The third-order valence-electron chi connectivity index (χ3n) is 5.47. The molecule has 2 aromatic rings. The molecule has 1 aliphatic carbocycles. The number of pyridine rings is 1. The van der Waals surface area contributed by atoms with Gasteiger partial charge < -0.3 is 9.32 Å². The lowest BCUT2D eigenvalue weighted by molar-refractivity contribution is -0.353. The predicted octanol–water partition coefficient (Wildman–Crippen LogP) is 2.18. The molecule has 1 N–H and O–H groups in total. The fourth-order valence-corrected chi connectivity index (χ4v) is 4.09. The van der Waals surface area contributed by atoms with E-state index in [1.54, 1.807) is 13.2 Å². The maximum absolute atomic E-state index is 11.6. The summed E-state index contributed by atoms with van der Waals surface area (Å²) in [4.78, 5) is 19.2. The van der Waals surface area contributed by atoms with Crippen LogP contribution in [0.15, 0.2) is 22.8 Å². The van der Waals surface area contributed by atoms with Crippen LogP contribution in [0.25, 0.3) is 11.5 Å². The number of aromatic nitrogens is 1. The topological polar surface area (TPSA) is 74.6 Å². The number of piperazine rings is 1. The summed E-state index contributed by atoms with van der Waals surface area (Å²) >= 11 is 0. The van der Waals surface area contributed by atoms with E-state index in [2.05, 4.69) is 16.0 Å². The van der Waals surface area contributed by atoms with Crippen molar-refractivity contribution in [2.45, 2.75) is 32.6 Å². The smallest absolute Gasteiger partial charge is 0.293 e. The summed E-state index contributed by atoms with van der Waals surface area (Å²) in [5.74, 6) is 1.79. The molecule has 1 amide bonds. The molecular formula is C20H23N4O2+. The average molecular weight is 351 g/mol. The molecule has 0 radical (unpaired) electrons. The van der Waals surface area contributed by atoms with Crippen LogP contribution in [0.5, 0.6) is 0 Å². The number of nitrogens with zero attached hydrogens (tertiary/aromatic N) is 3. The number of hydrogen-bond acceptors (Lipinski definition) is 4. The molecule has 1 fully saturated rings. The van der Waals surface area contributed by atoms with Crippen LogP contribution in [-0.4, -0.2) is 37.0 Å². The van der Waals surface area contributed by atoms with Crippen LogP contribution in [0.1, 0.15) is 36.5 Å². The number of amides is 1. The molecule has 1 aliphatic heterocycles. The Bertz CT molecular complexity index is 859. The first-order valence-electron chi connectivity index (χ1n) is 9.24. The van der Waals surface area contributed by atoms with E-state index in [-0.39, 0.29) is 5.91 Å². The first kappa shape index (κ1) is 16.6. The third-order valence-corrected chi connectivity index (χ3v) is 5.47. The first-order chi connectivity index (χ1) is 12.7. The van der Waals surface area contributed by atoms with Crippen molar-refractivity contribution in [2.24, 2.45) is 0 Å². The number of aromatic amines is 1. The van der Waals surface area contributed by atoms with Gasteiger partial charge >= 0.3 is 0 Å². The Morgan fingerprint density at radius 2 is 1.92 bits per heavy atom. The number of H-pyrrole nitrogens is 1. The molecule has 4 rings (SSSR count). The van der Waals surface area contributed by atoms with Crippen molar-refractivity contribution in [3.05, 3.63) is 35.1 Å². The largest absolute Gasteiger partial charge is 0.461 e. The van der Waals surface area contributed by atoms with Crippen molar-refractivity contribution in [3.8, 4) is 17.5 Å². The zero-order valence-corrected chi connectivity index (χ0v) is 15.0. The first-order valence-corrected chi connectivity index (χ1v) is 9.24. The molecule has 0 atom stereocenters. The van der Waals surface area contributed by atoms with E-state index < -0.39 is 0 Å². The van der Waals surface area contributed by atoms with Crippen molar-refractivity contribution in [1.82, 2.24) is 4.90 Å². The maximum Gasteiger partial charge on any atom is 0.293 e. The van der Waals surface area contributed by atoms with Crippen molar-refractivity contribution in [1.29, 1.82) is 5.26 Å².